The van der Waals surface area contributed by atoms with Crippen molar-refractivity contribution in [1.29, 1.82) is 0 Å². The minimum atomic E-state index is -0.970. The number of alkyl halides is 1. The predicted octanol–water partition coefficient (Wildman–Crippen LogP) is -1.29. The van der Waals surface area contributed by atoms with Crippen LogP contribution in [-0.2, 0) is 9.68 Å². The number of carbonyl (C=O) groups is 1. The Bertz CT molecular complexity index is 2160. The summed E-state index contributed by atoms with van der Waals surface area (Å²) in [5.74, 6) is 0.674. The van der Waals surface area contributed by atoms with Crippen LogP contribution < -0.4 is 124 Å². The molecule has 2 aromatic heterocycles. The van der Waals surface area contributed by atoms with E-state index in [2.05, 4.69) is 4.89 Å². The quantitative estimate of drug-likeness (QED) is 0.0321. The molecule has 262 valence electrons. The van der Waals surface area contributed by atoms with Gasteiger partial charge in [0.25, 0.3) is 6.47 Å². The first-order valence-corrected chi connectivity index (χ1v) is 16.9. The molecule has 51 heavy (non-hydrogen) atoms. The molecule has 0 bridgehead atoms. The average molecular weight is 850 g/mol. The Kier molecular flexibility index (Phi) is 23.8. The topological polar surface area (TPSA) is 194 Å². The number of phenolic OH excluding ortho intramolecular Hbond substituents is 1. The summed E-state index contributed by atoms with van der Waals surface area (Å²) in [5, 5.41) is 55.6. The molecule has 0 spiro atoms. The van der Waals surface area contributed by atoms with Gasteiger partial charge in [0.15, 0.2) is 10.9 Å². The van der Waals surface area contributed by atoms with Gasteiger partial charge in [-0.2, -0.15) is 0 Å². The molecule has 18 heteroatoms. The maximum absolute atomic E-state index is 12.6. The number of benzene rings is 4. The molecule has 6 aromatic rings. The van der Waals surface area contributed by atoms with Gasteiger partial charge in [0.05, 0.1) is 55.4 Å². The molecule has 0 saturated heterocycles. The zero-order valence-electron chi connectivity index (χ0n) is 28.1. The van der Waals surface area contributed by atoms with Gasteiger partial charge < -0.3 is 41.8 Å². The Labute approximate surface area is 400 Å². The monoisotopic (exact) mass is 848 g/mol. The maximum atomic E-state index is 12.6. The predicted molar refractivity (Wildman–Crippen MR) is 194 cm³/mol. The standard InChI is InChI=1S/C16H13ClO4S.C13H7ClO2S.C3H7ClO2.CH2O3.2K.H/c17-11-5-6-12(21-8-9(19)7-18)16-14(11)15(20)10-3-1-2-4-13(10)22-16;14-8-5-6-9(15)13-11(8)12(16)7-3-1-2-4-10(7)17-13;4-1-3(6)2-5;2-1-4-3;;;/h1-6,9,18-19H,7-8H2;1-6,15H;3,5-6H,1-2H2;1,3H;;;/q;;;;2*+1;-1/p-1. The van der Waals surface area contributed by atoms with Crippen molar-refractivity contribution in [1.82, 2.24) is 0 Å². The van der Waals surface area contributed by atoms with E-state index in [9.17, 15) is 19.8 Å². The molecular formula is C33H29Cl3K2O11S2. The Hall–Kier alpha value is -0.327. The molecule has 0 saturated carbocycles. The Morgan fingerprint density at radius 2 is 1.22 bits per heavy atom. The summed E-state index contributed by atoms with van der Waals surface area (Å²) < 4.78 is 8.41. The minimum absolute atomic E-state index is 0. The second-order valence-electron chi connectivity index (χ2n) is 9.71. The summed E-state index contributed by atoms with van der Waals surface area (Å²) in [6.45, 7) is -0.866. The number of carbonyl (C=O) groups excluding carboxylic acids is 1. The second kappa shape index (κ2) is 25.0. The first kappa shape index (κ1) is 48.7. The van der Waals surface area contributed by atoms with Gasteiger partial charge in [-0.05, 0) is 48.5 Å². The fourth-order valence-electron chi connectivity index (χ4n) is 4.09. The van der Waals surface area contributed by atoms with E-state index >= 15 is 0 Å². The van der Waals surface area contributed by atoms with E-state index in [1.807, 2.05) is 36.4 Å². The van der Waals surface area contributed by atoms with E-state index in [-0.39, 0.29) is 153 Å². The summed E-state index contributed by atoms with van der Waals surface area (Å²) in [6, 6.07) is 21.0. The van der Waals surface area contributed by atoms with Crippen molar-refractivity contribution in [2.24, 2.45) is 0 Å². The number of fused-ring (bicyclic) bond motifs is 4. The third-order valence-electron chi connectivity index (χ3n) is 6.37. The van der Waals surface area contributed by atoms with Crippen LogP contribution in [-0.4, -0.2) is 69.9 Å². The average Bonchev–Trinajstić information content (AvgIpc) is 3.13. The molecule has 5 N–H and O–H groups in total. The molecule has 6 rings (SSSR count). The Morgan fingerprint density at radius 1 is 0.765 bits per heavy atom. The van der Waals surface area contributed by atoms with Gasteiger partial charge in [-0.3, -0.25) is 14.4 Å². The van der Waals surface area contributed by atoms with E-state index in [0.29, 0.717) is 46.7 Å². The molecule has 0 amide bonds. The van der Waals surface area contributed by atoms with E-state index in [0.717, 1.165) is 9.40 Å². The van der Waals surface area contributed by atoms with Crippen molar-refractivity contribution < 1.29 is 149 Å². The van der Waals surface area contributed by atoms with Crippen LogP contribution in [0.2, 0.25) is 10.0 Å². The number of aliphatic hydroxyl groups excluding tert-OH is 4. The number of aromatic hydroxyl groups is 1. The van der Waals surface area contributed by atoms with Gasteiger partial charge in [0, 0.05) is 20.2 Å². The van der Waals surface area contributed by atoms with Gasteiger partial charge >= 0.3 is 103 Å². The SMILES string of the molecule is O=CO[O-].O=c1c2ccccc2sc2c(O)ccc(Cl)c12.O=c1c2ccccc2sc2c(OCC(O)CO)ccc(Cl)c12.OCC(O)CCl.[H-].[K+].[K+]. The zero-order chi connectivity index (χ0) is 36.1. The number of aliphatic hydroxyl groups is 4. The van der Waals surface area contributed by atoms with Gasteiger partial charge in [-0.15, -0.1) is 34.3 Å². The van der Waals surface area contributed by atoms with E-state index in [4.69, 9.17) is 64.9 Å². The first-order valence-electron chi connectivity index (χ1n) is 14.0. The molecular weight excluding hydrogens is 821 g/mol. The summed E-state index contributed by atoms with van der Waals surface area (Å²) in [7, 11) is 0. The normalized spacial score (nSPS) is 11.3. The summed E-state index contributed by atoms with van der Waals surface area (Å²) >= 11 is 20.0. The van der Waals surface area contributed by atoms with E-state index in [1.54, 1.807) is 30.3 Å². The first-order chi connectivity index (χ1) is 23.5. The van der Waals surface area contributed by atoms with Crippen LogP contribution in [0.5, 0.6) is 11.5 Å². The van der Waals surface area contributed by atoms with Gasteiger partial charge in [0.1, 0.15) is 24.2 Å². The fourth-order valence-corrected chi connectivity index (χ4v) is 7.07. The van der Waals surface area contributed by atoms with Gasteiger partial charge in [-0.1, -0.05) is 47.5 Å². The molecule has 0 radical (unpaired) electrons. The summed E-state index contributed by atoms with van der Waals surface area (Å²) in [6.07, 6.45) is -1.71. The largest absolute Gasteiger partial charge is 1.00 e. The second-order valence-corrected chi connectivity index (χ2v) is 12.9. The summed E-state index contributed by atoms with van der Waals surface area (Å²) in [4.78, 5) is 36.2. The molecule has 11 nitrogen and oxygen atoms in total. The van der Waals surface area contributed by atoms with Gasteiger partial charge in [-0.25, -0.2) is 0 Å². The number of hydrogen-bond donors (Lipinski definition) is 5. The summed E-state index contributed by atoms with van der Waals surface area (Å²) in [5.41, 5.74) is -0.266. The van der Waals surface area contributed by atoms with Crippen molar-refractivity contribution in [3.8, 4) is 11.5 Å². The number of ether oxygens (including phenoxy) is 1. The van der Waals surface area contributed by atoms with Crippen molar-refractivity contribution in [2.75, 3.05) is 25.7 Å². The number of rotatable bonds is 7. The molecule has 0 aliphatic carbocycles. The molecule has 0 aliphatic heterocycles. The van der Waals surface area contributed by atoms with Crippen LogP contribution in [0.3, 0.4) is 0 Å². The Morgan fingerprint density at radius 3 is 1.67 bits per heavy atom. The fraction of sp³-hybridized carbons (Fsp3) is 0.182. The molecule has 4 aromatic carbocycles. The number of halogens is 3. The van der Waals surface area contributed by atoms with Crippen LogP contribution in [0.4, 0.5) is 0 Å². The smallest absolute Gasteiger partial charge is 1.00 e. The van der Waals surface area contributed by atoms with E-state index < -0.39 is 12.2 Å². The molecule has 2 unspecified atom stereocenters. The van der Waals surface area contributed by atoms with E-state index in [1.165, 1.54) is 28.7 Å². The van der Waals surface area contributed by atoms with Crippen molar-refractivity contribution in [3.63, 3.8) is 0 Å². The van der Waals surface area contributed by atoms with Crippen LogP contribution in [0, 0.1) is 0 Å². The maximum Gasteiger partial charge on any atom is 1.00 e. The number of hydrogen-bond acceptors (Lipinski definition) is 13. The van der Waals surface area contributed by atoms with Crippen molar-refractivity contribution in [3.05, 3.63) is 103 Å². The van der Waals surface area contributed by atoms with Crippen molar-refractivity contribution in [2.45, 2.75) is 12.2 Å². The van der Waals surface area contributed by atoms with Crippen LogP contribution in [0.1, 0.15) is 1.43 Å². The third kappa shape index (κ3) is 13.4. The Balaban J connectivity index is 0.000000772. The van der Waals surface area contributed by atoms with Crippen LogP contribution in [0.25, 0.3) is 40.3 Å². The minimum Gasteiger partial charge on any atom is -1.00 e. The van der Waals surface area contributed by atoms with Crippen LogP contribution >= 0.6 is 57.5 Å². The molecule has 2 heterocycles. The zero-order valence-corrected chi connectivity index (χ0v) is 37.3. The van der Waals surface area contributed by atoms with Gasteiger partial charge in [0.2, 0.25) is 0 Å². The molecule has 0 fully saturated rings. The van der Waals surface area contributed by atoms with Crippen LogP contribution in [0.15, 0.2) is 82.4 Å². The number of phenols is 1. The third-order valence-corrected chi connectivity index (χ3v) is 9.73. The molecule has 2 atom stereocenters. The molecule has 0 aliphatic rings. The van der Waals surface area contributed by atoms with Crippen molar-refractivity contribution >= 4 is 104 Å².